The maximum absolute atomic E-state index is 6.28. The lowest BCUT2D eigenvalue weighted by Crippen LogP contribution is -2.32. The Morgan fingerprint density at radius 1 is 1.50 bits per heavy atom. The molecule has 2 rings (SSSR count). The first-order valence-corrected chi connectivity index (χ1v) is 7.11. The fourth-order valence-electron chi connectivity index (χ4n) is 2.52. The third-order valence-electron chi connectivity index (χ3n) is 3.49. The number of nitrogens with zero attached hydrogens (tertiary/aromatic N) is 1. The number of aromatic nitrogens is 1. The number of nitrogens with one attached hydrogen (secondary N) is 1. The van der Waals surface area contributed by atoms with Gasteiger partial charge in [0.25, 0.3) is 0 Å². The molecule has 18 heavy (non-hydrogen) atoms. The fourth-order valence-corrected chi connectivity index (χ4v) is 2.75. The fraction of sp³-hybridized carbons (Fsp3) is 0.643. The van der Waals surface area contributed by atoms with Gasteiger partial charge in [-0.1, -0.05) is 18.5 Å². The summed E-state index contributed by atoms with van der Waals surface area (Å²) < 4.78 is 5.45. The van der Waals surface area contributed by atoms with Gasteiger partial charge in [-0.25, -0.2) is 0 Å². The molecule has 1 aliphatic rings. The van der Waals surface area contributed by atoms with Crippen LogP contribution in [0.4, 0.5) is 0 Å². The molecular formula is C14H21ClN2O. The Morgan fingerprint density at radius 3 is 2.94 bits per heavy atom. The highest BCUT2D eigenvalue weighted by molar-refractivity contribution is 6.31. The Labute approximate surface area is 114 Å². The maximum atomic E-state index is 6.28. The van der Waals surface area contributed by atoms with Crippen LogP contribution in [-0.2, 0) is 4.74 Å². The van der Waals surface area contributed by atoms with Gasteiger partial charge in [-0.3, -0.25) is 4.98 Å². The molecule has 1 unspecified atom stereocenters. The van der Waals surface area contributed by atoms with E-state index < -0.39 is 0 Å². The van der Waals surface area contributed by atoms with Gasteiger partial charge in [0.05, 0.1) is 5.02 Å². The van der Waals surface area contributed by atoms with E-state index in [1.165, 1.54) is 5.56 Å². The summed E-state index contributed by atoms with van der Waals surface area (Å²) in [5.74, 6) is 0.602. The van der Waals surface area contributed by atoms with Gasteiger partial charge in [-0.15, -0.1) is 0 Å². The van der Waals surface area contributed by atoms with Crippen molar-refractivity contribution in [3.05, 3.63) is 29.0 Å². The zero-order valence-electron chi connectivity index (χ0n) is 10.9. The van der Waals surface area contributed by atoms with Crippen LogP contribution in [-0.4, -0.2) is 24.7 Å². The molecule has 3 nitrogen and oxygen atoms in total. The summed E-state index contributed by atoms with van der Waals surface area (Å²) in [6.07, 6.45) is 6.88. The molecule has 1 atom stereocenters. The van der Waals surface area contributed by atoms with Crippen LogP contribution < -0.4 is 5.32 Å². The molecule has 1 aliphatic heterocycles. The molecular weight excluding hydrogens is 248 g/mol. The Kier molecular flexibility index (Phi) is 5.42. The lowest BCUT2D eigenvalue weighted by molar-refractivity contribution is 0.0536. The molecule has 0 spiro atoms. The first kappa shape index (κ1) is 13.8. The van der Waals surface area contributed by atoms with Crippen LogP contribution in [0, 0.1) is 5.92 Å². The van der Waals surface area contributed by atoms with Crippen LogP contribution in [0.1, 0.15) is 37.8 Å². The van der Waals surface area contributed by atoms with E-state index in [-0.39, 0.29) is 0 Å². The Hall–Kier alpha value is -0.640. The van der Waals surface area contributed by atoms with Gasteiger partial charge < -0.3 is 10.1 Å². The Balaban J connectivity index is 2.15. The van der Waals surface area contributed by atoms with E-state index in [0.29, 0.717) is 12.0 Å². The van der Waals surface area contributed by atoms with Crippen molar-refractivity contribution in [2.75, 3.05) is 19.8 Å². The molecule has 1 saturated heterocycles. The molecule has 0 aliphatic carbocycles. The van der Waals surface area contributed by atoms with Crippen LogP contribution in [0.15, 0.2) is 18.5 Å². The number of rotatable bonds is 5. The Morgan fingerprint density at radius 2 is 2.28 bits per heavy atom. The number of halogens is 1. The van der Waals surface area contributed by atoms with Gasteiger partial charge >= 0.3 is 0 Å². The molecule has 0 aromatic carbocycles. The summed E-state index contributed by atoms with van der Waals surface area (Å²) in [7, 11) is 0. The van der Waals surface area contributed by atoms with E-state index in [1.807, 2.05) is 12.3 Å². The number of hydrogen-bond donors (Lipinski definition) is 1. The zero-order valence-corrected chi connectivity index (χ0v) is 11.6. The van der Waals surface area contributed by atoms with Crippen LogP contribution in [0.5, 0.6) is 0 Å². The van der Waals surface area contributed by atoms with Crippen LogP contribution in [0.3, 0.4) is 0 Å². The predicted octanol–water partition coefficient (Wildman–Crippen LogP) is 3.20. The summed E-state index contributed by atoms with van der Waals surface area (Å²) in [5, 5.41) is 4.39. The molecule has 0 bridgehead atoms. The molecule has 4 heteroatoms. The van der Waals surface area contributed by atoms with Crippen molar-refractivity contribution >= 4 is 11.6 Å². The largest absolute Gasteiger partial charge is 0.381 e. The second-order valence-corrected chi connectivity index (χ2v) is 5.19. The average molecular weight is 269 g/mol. The Bertz CT molecular complexity index is 367. The van der Waals surface area contributed by atoms with Crippen molar-refractivity contribution in [3.63, 3.8) is 0 Å². The predicted molar refractivity (Wildman–Crippen MR) is 73.8 cm³/mol. The van der Waals surface area contributed by atoms with E-state index >= 15 is 0 Å². The standard InChI is InChI=1S/C14H21ClN2O/c1-2-6-17-14(11-4-8-18-9-5-11)12-3-7-16-10-13(12)15/h3,7,10-11,14,17H,2,4-6,8-9H2,1H3. The molecule has 0 radical (unpaired) electrons. The van der Waals surface area contributed by atoms with Gasteiger partial charge in [-0.05, 0) is 43.4 Å². The van der Waals surface area contributed by atoms with Gasteiger partial charge in [0, 0.05) is 31.6 Å². The topological polar surface area (TPSA) is 34.2 Å². The average Bonchev–Trinajstić information content (AvgIpc) is 2.42. The lowest BCUT2D eigenvalue weighted by Gasteiger charge is -2.31. The van der Waals surface area contributed by atoms with Crippen molar-refractivity contribution in [2.24, 2.45) is 5.92 Å². The van der Waals surface area contributed by atoms with Crippen LogP contribution >= 0.6 is 11.6 Å². The quantitative estimate of drug-likeness (QED) is 0.891. The molecule has 1 aromatic rings. The summed E-state index contributed by atoms with van der Waals surface area (Å²) in [6, 6.07) is 2.36. The highest BCUT2D eigenvalue weighted by atomic mass is 35.5. The van der Waals surface area contributed by atoms with E-state index in [2.05, 4.69) is 17.2 Å². The zero-order chi connectivity index (χ0) is 12.8. The van der Waals surface area contributed by atoms with Crippen LogP contribution in [0.25, 0.3) is 0 Å². The molecule has 100 valence electrons. The highest BCUT2D eigenvalue weighted by Crippen LogP contribution is 2.33. The van der Waals surface area contributed by atoms with Crippen molar-refractivity contribution < 1.29 is 4.74 Å². The van der Waals surface area contributed by atoms with E-state index in [1.54, 1.807) is 6.20 Å². The van der Waals surface area contributed by atoms with E-state index in [4.69, 9.17) is 16.3 Å². The SMILES string of the molecule is CCCNC(c1ccncc1Cl)C1CCOCC1. The molecule has 1 aromatic heterocycles. The van der Waals surface area contributed by atoms with E-state index in [0.717, 1.165) is 44.0 Å². The van der Waals surface area contributed by atoms with Gasteiger partial charge in [0.2, 0.25) is 0 Å². The highest BCUT2D eigenvalue weighted by Gasteiger charge is 2.26. The van der Waals surface area contributed by atoms with Gasteiger partial charge in [0.15, 0.2) is 0 Å². The monoisotopic (exact) mass is 268 g/mol. The minimum Gasteiger partial charge on any atom is -0.381 e. The first-order chi connectivity index (χ1) is 8.83. The molecule has 1 fully saturated rings. The molecule has 0 amide bonds. The summed E-state index contributed by atoms with van der Waals surface area (Å²) >= 11 is 6.28. The third kappa shape index (κ3) is 3.44. The molecule has 0 saturated carbocycles. The second kappa shape index (κ2) is 7.07. The summed E-state index contributed by atoms with van der Waals surface area (Å²) in [4.78, 5) is 4.07. The maximum Gasteiger partial charge on any atom is 0.0637 e. The minimum absolute atomic E-state index is 0.323. The minimum atomic E-state index is 0.323. The number of pyridine rings is 1. The third-order valence-corrected chi connectivity index (χ3v) is 3.81. The van der Waals surface area contributed by atoms with Crippen molar-refractivity contribution in [2.45, 2.75) is 32.2 Å². The number of hydrogen-bond acceptors (Lipinski definition) is 3. The summed E-state index contributed by atoms with van der Waals surface area (Å²) in [5.41, 5.74) is 1.17. The normalized spacial score (nSPS) is 18.8. The summed E-state index contributed by atoms with van der Waals surface area (Å²) in [6.45, 7) is 4.91. The molecule has 1 N–H and O–H groups in total. The van der Waals surface area contributed by atoms with Crippen molar-refractivity contribution in [3.8, 4) is 0 Å². The lowest BCUT2D eigenvalue weighted by atomic mass is 9.87. The smallest absolute Gasteiger partial charge is 0.0637 e. The first-order valence-electron chi connectivity index (χ1n) is 6.73. The second-order valence-electron chi connectivity index (χ2n) is 4.78. The van der Waals surface area contributed by atoms with Crippen molar-refractivity contribution in [1.82, 2.24) is 10.3 Å². The van der Waals surface area contributed by atoms with Gasteiger partial charge in [-0.2, -0.15) is 0 Å². The molecule has 2 heterocycles. The van der Waals surface area contributed by atoms with Crippen molar-refractivity contribution in [1.29, 1.82) is 0 Å². The van der Waals surface area contributed by atoms with E-state index in [9.17, 15) is 0 Å². The number of ether oxygens (including phenoxy) is 1. The van der Waals surface area contributed by atoms with Gasteiger partial charge in [0.1, 0.15) is 0 Å². The van der Waals surface area contributed by atoms with Crippen LogP contribution in [0.2, 0.25) is 5.02 Å².